The molecule has 3 aliphatic heterocycles. The molecule has 0 aliphatic carbocycles. The van der Waals surface area contributed by atoms with E-state index in [4.69, 9.17) is 5.10 Å². The maximum Gasteiger partial charge on any atom is 0.262 e. The molecule has 0 radical (unpaired) electrons. The number of fused-ring (bicyclic) bond motifs is 1. The molecule has 2 unspecified atom stereocenters. The number of amides is 1. The van der Waals surface area contributed by atoms with Gasteiger partial charge in [-0.1, -0.05) is 13.8 Å². The van der Waals surface area contributed by atoms with E-state index in [0.717, 1.165) is 49.4 Å². The summed E-state index contributed by atoms with van der Waals surface area (Å²) >= 11 is 0. The second-order valence-corrected chi connectivity index (χ2v) is 9.18. The Kier molecular flexibility index (Phi) is 5.80. The number of nitrogens with zero attached hydrogens (tertiary/aromatic N) is 6. The normalized spacial score (nSPS) is 23.0. The van der Waals surface area contributed by atoms with Crippen LogP contribution < -0.4 is 10.6 Å². The monoisotopic (exact) mass is 446 g/mol. The molecule has 9 nitrogen and oxygen atoms in total. The zero-order chi connectivity index (χ0) is 22.9. The highest BCUT2D eigenvalue weighted by Crippen LogP contribution is 2.31. The lowest BCUT2D eigenvalue weighted by molar-refractivity contribution is 0.102. The summed E-state index contributed by atoms with van der Waals surface area (Å²) < 4.78 is 3.42. The van der Waals surface area contributed by atoms with Crippen molar-refractivity contribution in [1.82, 2.24) is 24.9 Å². The highest BCUT2D eigenvalue weighted by Gasteiger charge is 2.25. The van der Waals surface area contributed by atoms with E-state index >= 15 is 0 Å². The molecule has 0 bridgehead atoms. The standard InChI is InChI=1S/C24H30N8O/c1-15-4-9-26-23-19(13-28-31(23)14-15)24(33)29-22-11-20(18-5-7-25-8-6-18)30-32(22)21-10-16(2)17(3)12-27-21/h9-14,16-18,25H,4-8H2,1-3H3,(H,29,33). The van der Waals surface area contributed by atoms with Crippen molar-refractivity contribution >= 4 is 42.0 Å². The predicted octanol–water partition coefficient (Wildman–Crippen LogP) is 3.92. The first-order valence-corrected chi connectivity index (χ1v) is 11.7. The van der Waals surface area contributed by atoms with E-state index in [9.17, 15) is 4.79 Å². The molecular weight excluding hydrogens is 416 g/mol. The van der Waals surface area contributed by atoms with Gasteiger partial charge < -0.3 is 10.6 Å². The minimum absolute atomic E-state index is 0.263. The number of carbonyl (C=O) groups excluding carboxylic acids is 1. The molecule has 5 rings (SSSR count). The van der Waals surface area contributed by atoms with E-state index in [1.807, 2.05) is 31.6 Å². The Bertz CT molecular complexity index is 1180. The van der Waals surface area contributed by atoms with Gasteiger partial charge in [0, 0.05) is 37.0 Å². The third-order valence-electron chi connectivity index (χ3n) is 6.61. The Morgan fingerprint density at radius 1 is 1.18 bits per heavy atom. The van der Waals surface area contributed by atoms with Crippen LogP contribution in [-0.2, 0) is 0 Å². The van der Waals surface area contributed by atoms with E-state index in [2.05, 4.69) is 45.6 Å². The van der Waals surface area contributed by atoms with Crippen molar-refractivity contribution in [1.29, 1.82) is 0 Å². The predicted molar refractivity (Wildman–Crippen MR) is 131 cm³/mol. The number of piperidine rings is 1. The number of aromatic nitrogens is 4. The SMILES string of the molecule is CC1=Cn2ncc(C(=O)Nc3cc(C4CCNCC4)nn3C3=CC(C)C(C)C=N3)c2N=CC1. The van der Waals surface area contributed by atoms with Crippen LogP contribution in [0.1, 0.15) is 62.0 Å². The summed E-state index contributed by atoms with van der Waals surface area (Å²) in [6, 6.07) is 1.99. The molecule has 2 aromatic rings. The van der Waals surface area contributed by atoms with Crippen LogP contribution >= 0.6 is 0 Å². The first kappa shape index (κ1) is 21.5. The summed E-state index contributed by atoms with van der Waals surface area (Å²) in [5.41, 5.74) is 2.54. The van der Waals surface area contributed by atoms with Gasteiger partial charge in [0.25, 0.3) is 5.91 Å². The third kappa shape index (κ3) is 4.32. The molecule has 0 aromatic carbocycles. The summed E-state index contributed by atoms with van der Waals surface area (Å²) in [4.78, 5) is 22.4. The zero-order valence-corrected chi connectivity index (χ0v) is 19.3. The number of hydrogen-bond acceptors (Lipinski definition) is 6. The quantitative estimate of drug-likeness (QED) is 0.743. The summed E-state index contributed by atoms with van der Waals surface area (Å²) in [5, 5.41) is 15.7. The van der Waals surface area contributed by atoms with Gasteiger partial charge in [0.1, 0.15) is 11.4 Å². The Balaban J connectivity index is 1.48. The van der Waals surface area contributed by atoms with Crippen molar-refractivity contribution in [2.45, 2.75) is 46.0 Å². The van der Waals surface area contributed by atoms with Gasteiger partial charge in [0.2, 0.25) is 0 Å². The van der Waals surface area contributed by atoms with Gasteiger partial charge >= 0.3 is 0 Å². The van der Waals surface area contributed by atoms with Gasteiger partial charge in [-0.05, 0) is 56.3 Å². The smallest absolute Gasteiger partial charge is 0.262 e. The second kappa shape index (κ2) is 8.90. The van der Waals surface area contributed by atoms with Crippen molar-refractivity contribution in [3.8, 4) is 0 Å². The van der Waals surface area contributed by atoms with Gasteiger partial charge in [0.15, 0.2) is 11.6 Å². The first-order valence-electron chi connectivity index (χ1n) is 11.7. The lowest BCUT2D eigenvalue weighted by atomic mass is 9.95. The molecule has 2 atom stereocenters. The molecule has 5 heterocycles. The van der Waals surface area contributed by atoms with E-state index in [-0.39, 0.29) is 5.91 Å². The summed E-state index contributed by atoms with van der Waals surface area (Å²) in [6.07, 6.45) is 12.1. The molecule has 172 valence electrons. The fourth-order valence-electron chi connectivity index (χ4n) is 4.33. The summed E-state index contributed by atoms with van der Waals surface area (Å²) in [6.45, 7) is 8.28. The molecule has 1 amide bonds. The van der Waals surface area contributed by atoms with E-state index in [1.54, 1.807) is 15.6 Å². The summed E-state index contributed by atoms with van der Waals surface area (Å²) in [5.74, 6) is 2.68. The lowest BCUT2D eigenvalue weighted by Crippen LogP contribution is -2.26. The van der Waals surface area contributed by atoms with E-state index < -0.39 is 0 Å². The van der Waals surface area contributed by atoms with Gasteiger partial charge in [-0.3, -0.25) is 4.79 Å². The van der Waals surface area contributed by atoms with Crippen LogP contribution in [0, 0.1) is 11.8 Å². The topological polar surface area (TPSA) is 101 Å². The average Bonchev–Trinajstić information content (AvgIpc) is 3.36. The molecule has 2 N–H and O–H groups in total. The fourth-order valence-corrected chi connectivity index (χ4v) is 4.33. The molecule has 0 saturated carbocycles. The molecule has 33 heavy (non-hydrogen) atoms. The number of anilines is 1. The van der Waals surface area contributed by atoms with Crippen molar-refractivity contribution in [2.24, 2.45) is 21.8 Å². The van der Waals surface area contributed by atoms with Crippen LogP contribution in [0.15, 0.2) is 33.9 Å². The maximum absolute atomic E-state index is 13.3. The molecule has 9 heteroatoms. The Labute approximate surface area is 193 Å². The molecule has 0 spiro atoms. The van der Waals surface area contributed by atoms with Crippen molar-refractivity contribution in [3.05, 3.63) is 35.2 Å². The van der Waals surface area contributed by atoms with Gasteiger partial charge in [-0.15, -0.1) is 0 Å². The second-order valence-electron chi connectivity index (χ2n) is 9.18. The van der Waals surface area contributed by atoms with Crippen LogP contribution in [0.3, 0.4) is 0 Å². The molecule has 2 aromatic heterocycles. The fraction of sp³-hybridized carbons (Fsp3) is 0.458. The van der Waals surface area contributed by atoms with Crippen LogP contribution in [0.5, 0.6) is 0 Å². The first-order chi connectivity index (χ1) is 16.0. The van der Waals surface area contributed by atoms with E-state index in [1.165, 1.54) is 0 Å². The average molecular weight is 447 g/mol. The molecule has 1 fully saturated rings. The number of hydrogen-bond donors (Lipinski definition) is 2. The maximum atomic E-state index is 13.3. The van der Waals surface area contributed by atoms with Crippen molar-refractivity contribution in [2.75, 3.05) is 18.4 Å². The van der Waals surface area contributed by atoms with Crippen LogP contribution in [0.4, 0.5) is 11.6 Å². The zero-order valence-electron chi connectivity index (χ0n) is 19.3. The number of allylic oxidation sites excluding steroid dienone is 2. The van der Waals surface area contributed by atoms with E-state index in [0.29, 0.717) is 35.0 Å². The molecule has 1 saturated heterocycles. The van der Waals surface area contributed by atoms with Crippen LogP contribution in [-0.4, -0.2) is 51.0 Å². The van der Waals surface area contributed by atoms with Crippen molar-refractivity contribution in [3.63, 3.8) is 0 Å². The van der Waals surface area contributed by atoms with Crippen LogP contribution in [0.25, 0.3) is 12.0 Å². The molecule has 3 aliphatic rings. The minimum Gasteiger partial charge on any atom is -0.317 e. The third-order valence-corrected chi connectivity index (χ3v) is 6.61. The lowest BCUT2D eigenvalue weighted by Gasteiger charge is -2.21. The van der Waals surface area contributed by atoms with Crippen molar-refractivity contribution < 1.29 is 4.79 Å². The summed E-state index contributed by atoms with van der Waals surface area (Å²) in [7, 11) is 0. The molecular formula is C24H30N8O. The number of rotatable bonds is 4. The van der Waals surface area contributed by atoms with Gasteiger partial charge in [-0.25, -0.2) is 14.7 Å². The Morgan fingerprint density at radius 3 is 2.79 bits per heavy atom. The van der Waals surface area contributed by atoms with Gasteiger partial charge in [0.05, 0.1) is 11.9 Å². The Hall–Kier alpha value is -3.33. The number of carbonyl (C=O) groups is 1. The number of nitrogens with one attached hydrogen (secondary N) is 2. The number of aliphatic imine (C=N–C) groups is 2. The largest absolute Gasteiger partial charge is 0.317 e. The highest BCUT2D eigenvalue weighted by atomic mass is 16.1. The van der Waals surface area contributed by atoms with Crippen LogP contribution in [0.2, 0.25) is 0 Å². The minimum atomic E-state index is -0.263. The van der Waals surface area contributed by atoms with Gasteiger partial charge in [-0.2, -0.15) is 14.9 Å². The Morgan fingerprint density at radius 2 is 2.00 bits per heavy atom. The highest BCUT2D eigenvalue weighted by molar-refractivity contribution is 6.07.